The number of benzene rings is 1. The number of rotatable bonds is 2. The van der Waals surface area contributed by atoms with Crippen molar-refractivity contribution in [3.05, 3.63) is 36.4 Å². The molecule has 0 aliphatic heterocycles. The molecule has 2 rings (SSSR count). The largest absolute Gasteiger partial charge is 0.494 e. The van der Waals surface area contributed by atoms with Gasteiger partial charge in [0.05, 0.1) is 25.2 Å². The molecule has 0 aliphatic carbocycles. The van der Waals surface area contributed by atoms with Gasteiger partial charge in [0.15, 0.2) is 11.6 Å². The van der Waals surface area contributed by atoms with Gasteiger partial charge in [0, 0.05) is 5.56 Å². The van der Waals surface area contributed by atoms with Crippen molar-refractivity contribution in [3.63, 3.8) is 0 Å². The summed E-state index contributed by atoms with van der Waals surface area (Å²) in [5.74, 6) is 0.100. The van der Waals surface area contributed by atoms with Crippen molar-refractivity contribution in [1.29, 1.82) is 0 Å². The molecule has 0 aliphatic rings. The molecule has 82 valence electrons. The fraction of sp³-hybridized carbons (Fsp3) is 0.0909. The van der Waals surface area contributed by atoms with Crippen LogP contribution in [0.2, 0.25) is 0 Å². The van der Waals surface area contributed by atoms with E-state index in [1.54, 1.807) is 12.1 Å². The van der Waals surface area contributed by atoms with Crippen LogP contribution >= 0.6 is 0 Å². The topological polar surface area (TPSA) is 61.0 Å². The van der Waals surface area contributed by atoms with Crippen LogP contribution in [-0.2, 0) is 0 Å². The number of aromatic nitrogens is 2. The lowest BCUT2D eigenvalue weighted by atomic mass is 10.1. The summed E-state index contributed by atoms with van der Waals surface area (Å²) in [7, 11) is 1.42. The quantitative estimate of drug-likeness (QED) is 0.837. The first-order chi connectivity index (χ1) is 7.70. The molecule has 0 spiro atoms. The lowest BCUT2D eigenvalue weighted by Crippen LogP contribution is -1.93. The zero-order valence-corrected chi connectivity index (χ0v) is 8.64. The van der Waals surface area contributed by atoms with Crippen LogP contribution in [0.5, 0.6) is 5.75 Å². The number of nitrogen functional groups attached to an aromatic ring is 1. The van der Waals surface area contributed by atoms with Gasteiger partial charge in [-0.25, -0.2) is 9.37 Å². The van der Waals surface area contributed by atoms with E-state index in [2.05, 4.69) is 9.97 Å². The minimum atomic E-state index is -0.432. The van der Waals surface area contributed by atoms with Crippen LogP contribution in [0.25, 0.3) is 11.3 Å². The van der Waals surface area contributed by atoms with E-state index in [1.165, 1.54) is 25.6 Å². The third-order valence-corrected chi connectivity index (χ3v) is 2.12. The Hall–Kier alpha value is -2.17. The first-order valence-electron chi connectivity index (χ1n) is 4.62. The highest BCUT2D eigenvalue weighted by Gasteiger charge is 2.06. The highest BCUT2D eigenvalue weighted by molar-refractivity contribution is 5.59. The number of hydrogen-bond donors (Lipinski definition) is 1. The Bertz CT molecular complexity index is 499. The van der Waals surface area contributed by atoms with Crippen molar-refractivity contribution in [2.45, 2.75) is 0 Å². The van der Waals surface area contributed by atoms with E-state index in [-0.39, 0.29) is 5.75 Å². The van der Waals surface area contributed by atoms with E-state index in [0.717, 1.165) is 0 Å². The second-order valence-electron chi connectivity index (χ2n) is 3.18. The number of methoxy groups -OCH3 is 1. The molecule has 0 amide bonds. The summed E-state index contributed by atoms with van der Waals surface area (Å²) in [6.07, 6.45) is 2.92. The molecular weight excluding hydrogens is 209 g/mol. The van der Waals surface area contributed by atoms with Crippen molar-refractivity contribution in [2.24, 2.45) is 0 Å². The highest BCUT2D eigenvalue weighted by Crippen LogP contribution is 2.23. The Labute approximate surface area is 91.9 Å². The Kier molecular flexibility index (Phi) is 2.68. The molecule has 0 unspecified atom stereocenters. The summed E-state index contributed by atoms with van der Waals surface area (Å²) in [6, 6.07) is 4.60. The molecule has 0 fully saturated rings. The second kappa shape index (κ2) is 4.14. The second-order valence-corrected chi connectivity index (χ2v) is 3.18. The molecule has 0 saturated heterocycles. The van der Waals surface area contributed by atoms with E-state index < -0.39 is 5.82 Å². The standard InChI is InChI=1S/C11H10FN3O/c1-16-10-3-2-7(4-8(10)12)9-5-15-11(13)6-14-9/h2-6H,1H3,(H2,13,15). The molecule has 1 aromatic heterocycles. The number of ether oxygens (including phenoxy) is 1. The molecule has 4 nitrogen and oxygen atoms in total. The van der Waals surface area contributed by atoms with Crippen molar-refractivity contribution in [1.82, 2.24) is 9.97 Å². The fourth-order valence-corrected chi connectivity index (χ4v) is 1.31. The van der Waals surface area contributed by atoms with Gasteiger partial charge in [0.2, 0.25) is 0 Å². The summed E-state index contributed by atoms with van der Waals surface area (Å²) in [6.45, 7) is 0. The molecule has 1 aromatic carbocycles. The number of halogens is 1. The molecule has 1 heterocycles. The van der Waals surface area contributed by atoms with Crippen LogP contribution in [0.15, 0.2) is 30.6 Å². The Morgan fingerprint density at radius 3 is 2.62 bits per heavy atom. The lowest BCUT2D eigenvalue weighted by molar-refractivity contribution is 0.386. The van der Waals surface area contributed by atoms with E-state index in [1.807, 2.05) is 0 Å². The van der Waals surface area contributed by atoms with Crippen LogP contribution in [0, 0.1) is 5.82 Å². The van der Waals surface area contributed by atoms with Crippen LogP contribution in [0.4, 0.5) is 10.2 Å². The van der Waals surface area contributed by atoms with Crippen LogP contribution < -0.4 is 10.5 Å². The zero-order valence-electron chi connectivity index (χ0n) is 8.64. The lowest BCUT2D eigenvalue weighted by Gasteiger charge is -2.04. The summed E-state index contributed by atoms with van der Waals surface area (Å²) < 4.78 is 18.2. The average molecular weight is 219 g/mol. The van der Waals surface area contributed by atoms with Gasteiger partial charge in [-0.05, 0) is 18.2 Å². The van der Waals surface area contributed by atoms with Crippen molar-refractivity contribution in [2.75, 3.05) is 12.8 Å². The Morgan fingerprint density at radius 1 is 1.25 bits per heavy atom. The van der Waals surface area contributed by atoms with Gasteiger partial charge in [0.25, 0.3) is 0 Å². The van der Waals surface area contributed by atoms with Gasteiger partial charge >= 0.3 is 0 Å². The first-order valence-corrected chi connectivity index (χ1v) is 4.62. The predicted molar refractivity (Wildman–Crippen MR) is 58.4 cm³/mol. The maximum absolute atomic E-state index is 13.4. The molecule has 16 heavy (non-hydrogen) atoms. The minimum Gasteiger partial charge on any atom is -0.494 e. The Balaban J connectivity index is 2.41. The molecule has 5 heteroatoms. The average Bonchev–Trinajstić information content (AvgIpc) is 2.30. The SMILES string of the molecule is COc1ccc(-c2cnc(N)cn2)cc1F. The van der Waals surface area contributed by atoms with Crippen LogP contribution in [0.1, 0.15) is 0 Å². The molecule has 0 atom stereocenters. The van der Waals surface area contributed by atoms with Gasteiger partial charge in [0.1, 0.15) is 5.82 Å². The summed E-state index contributed by atoms with van der Waals surface area (Å²) in [5.41, 5.74) is 6.61. The third kappa shape index (κ3) is 1.93. The smallest absolute Gasteiger partial charge is 0.165 e. The van der Waals surface area contributed by atoms with Crippen molar-refractivity contribution in [3.8, 4) is 17.0 Å². The van der Waals surface area contributed by atoms with Crippen molar-refractivity contribution >= 4 is 5.82 Å². The normalized spacial score (nSPS) is 10.1. The molecule has 2 aromatic rings. The van der Waals surface area contributed by atoms with Gasteiger partial charge in [-0.2, -0.15) is 0 Å². The summed E-state index contributed by atoms with van der Waals surface area (Å²) in [5, 5.41) is 0. The maximum atomic E-state index is 13.4. The van der Waals surface area contributed by atoms with E-state index in [4.69, 9.17) is 10.5 Å². The predicted octanol–water partition coefficient (Wildman–Crippen LogP) is 1.87. The van der Waals surface area contributed by atoms with Gasteiger partial charge in [-0.1, -0.05) is 0 Å². The van der Waals surface area contributed by atoms with Gasteiger partial charge < -0.3 is 10.5 Å². The number of nitrogens with two attached hydrogens (primary N) is 1. The maximum Gasteiger partial charge on any atom is 0.165 e. The highest BCUT2D eigenvalue weighted by atomic mass is 19.1. The molecule has 0 radical (unpaired) electrons. The number of anilines is 1. The van der Waals surface area contributed by atoms with Crippen LogP contribution in [-0.4, -0.2) is 17.1 Å². The minimum absolute atomic E-state index is 0.201. The van der Waals surface area contributed by atoms with Crippen LogP contribution in [0.3, 0.4) is 0 Å². The Morgan fingerprint density at radius 2 is 2.06 bits per heavy atom. The number of nitrogens with zero attached hydrogens (tertiary/aromatic N) is 2. The van der Waals surface area contributed by atoms with Crippen molar-refractivity contribution < 1.29 is 9.13 Å². The van der Waals surface area contributed by atoms with E-state index >= 15 is 0 Å². The van der Waals surface area contributed by atoms with Gasteiger partial charge in [-0.15, -0.1) is 0 Å². The molecule has 0 saturated carbocycles. The van der Waals surface area contributed by atoms with E-state index in [0.29, 0.717) is 17.1 Å². The van der Waals surface area contributed by atoms with E-state index in [9.17, 15) is 4.39 Å². The summed E-state index contributed by atoms with van der Waals surface area (Å²) in [4.78, 5) is 7.94. The van der Waals surface area contributed by atoms with Gasteiger partial charge in [-0.3, -0.25) is 4.98 Å². The number of hydrogen-bond acceptors (Lipinski definition) is 4. The fourth-order valence-electron chi connectivity index (χ4n) is 1.31. The zero-order chi connectivity index (χ0) is 11.5. The third-order valence-electron chi connectivity index (χ3n) is 2.12. The molecular formula is C11H10FN3O. The summed E-state index contributed by atoms with van der Waals surface area (Å²) >= 11 is 0. The first kappa shape index (κ1) is 10.4. The molecule has 0 bridgehead atoms. The monoisotopic (exact) mass is 219 g/mol. The molecule has 2 N–H and O–H groups in total.